The zero-order chi connectivity index (χ0) is 17.5. The van der Waals surface area contributed by atoms with Gasteiger partial charge in [0.15, 0.2) is 0 Å². The van der Waals surface area contributed by atoms with E-state index in [1.165, 1.54) is 5.56 Å². The number of nitrogens with zero attached hydrogens (tertiary/aromatic N) is 4. The predicted octanol–water partition coefficient (Wildman–Crippen LogP) is 3.31. The van der Waals surface area contributed by atoms with Gasteiger partial charge in [-0.05, 0) is 58.6 Å². The maximum absolute atomic E-state index is 11.9. The number of carbonyl (C=O) groups excluding carboxylic acids is 1. The number of aryl methyl sites for hydroxylation is 5. The summed E-state index contributed by atoms with van der Waals surface area (Å²) >= 11 is 0. The second kappa shape index (κ2) is 8.66. The molecule has 0 bridgehead atoms. The SMILES string of the molecule is CCOC(=O)c1cc(C)nn1CCCCCc1cn(CC)nc1C. The Morgan fingerprint density at radius 1 is 1.17 bits per heavy atom. The molecular weight excluding hydrogens is 304 g/mol. The molecule has 24 heavy (non-hydrogen) atoms. The molecule has 0 N–H and O–H groups in total. The van der Waals surface area contributed by atoms with E-state index in [1.807, 2.05) is 18.5 Å². The molecule has 0 fully saturated rings. The van der Waals surface area contributed by atoms with E-state index in [4.69, 9.17) is 4.74 Å². The Hall–Kier alpha value is -2.11. The molecule has 132 valence electrons. The lowest BCUT2D eigenvalue weighted by Crippen LogP contribution is -2.13. The third-order valence-corrected chi connectivity index (χ3v) is 4.07. The van der Waals surface area contributed by atoms with Crippen molar-refractivity contribution in [3.05, 3.63) is 34.9 Å². The van der Waals surface area contributed by atoms with Crippen molar-refractivity contribution in [3.63, 3.8) is 0 Å². The van der Waals surface area contributed by atoms with Crippen molar-refractivity contribution in [1.82, 2.24) is 19.6 Å². The van der Waals surface area contributed by atoms with E-state index in [0.29, 0.717) is 12.3 Å². The van der Waals surface area contributed by atoms with Gasteiger partial charge in [0.25, 0.3) is 0 Å². The van der Waals surface area contributed by atoms with E-state index in [-0.39, 0.29) is 5.97 Å². The average molecular weight is 332 g/mol. The number of unbranched alkanes of at least 4 members (excludes halogenated alkanes) is 2. The molecule has 2 aromatic rings. The van der Waals surface area contributed by atoms with Crippen LogP contribution in [0.4, 0.5) is 0 Å². The lowest BCUT2D eigenvalue weighted by Gasteiger charge is -2.07. The number of hydrogen-bond acceptors (Lipinski definition) is 4. The van der Waals surface area contributed by atoms with Crippen LogP contribution in [0.25, 0.3) is 0 Å². The van der Waals surface area contributed by atoms with Crippen LogP contribution in [0.15, 0.2) is 12.3 Å². The summed E-state index contributed by atoms with van der Waals surface area (Å²) in [5, 5.41) is 8.88. The molecule has 0 spiro atoms. The first-order valence-electron chi connectivity index (χ1n) is 8.79. The maximum Gasteiger partial charge on any atom is 0.356 e. The van der Waals surface area contributed by atoms with Crippen molar-refractivity contribution in [2.45, 2.75) is 66.5 Å². The molecule has 0 saturated carbocycles. The van der Waals surface area contributed by atoms with Gasteiger partial charge in [0.2, 0.25) is 0 Å². The van der Waals surface area contributed by atoms with Gasteiger partial charge in [0, 0.05) is 19.3 Å². The van der Waals surface area contributed by atoms with E-state index in [2.05, 4.69) is 30.2 Å². The van der Waals surface area contributed by atoms with Gasteiger partial charge >= 0.3 is 5.97 Å². The summed E-state index contributed by atoms with van der Waals surface area (Å²) in [6.07, 6.45) is 6.40. The molecule has 0 atom stereocenters. The van der Waals surface area contributed by atoms with Gasteiger partial charge in [-0.15, -0.1) is 0 Å². The Morgan fingerprint density at radius 3 is 2.62 bits per heavy atom. The Balaban J connectivity index is 1.80. The first-order valence-corrected chi connectivity index (χ1v) is 8.79. The molecule has 0 aromatic carbocycles. The second-order valence-electron chi connectivity index (χ2n) is 6.02. The summed E-state index contributed by atoms with van der Waals surface area (Å²) in [6, 6.07) is 1.79. The summed E-state index contributed by atoms with van der Waals surface area (Å²) in [5.41, 5.74) is 3.86. The van der Waals surface area contributed by atoms with Gasteiger partial charge in [0.1, 0.15) is 5.69 Å². The summed E-state index contributed by atoms with van der Waals surface area (Å²) in [4.78, 5) is 11.9. The molecule has 6 nitrogen and oxygen atoms in total. The molecule has 0 aliphatic heterocycles. The number of aromatic nitrogens is 4. The molecule has 0 unspecified atom stereocenters. The summed E-state index contributed by atoms with van der Waals surface area (Å²) in [5.74, 6) is -0.291. The number of hydrogen-bond donors (Lipinski definition) is 0. The van der Waals surface area contributed by atoms with E-state index in [1.54, 1.807) is 10.7 Å². The Labute approximate surface area is 143 Å². The Kier molecular flexibility index (Phi) is 6.58. The van der Waals surface area contributed by atoms with Crippen molar-refractivity contribution in [2.75, 3.05) is 6.61 Å². The molecule has 0 aliphatic carbocycles. The van der Waals surface area contributed by atoms with Gasteiger partial charge < -0.3 is 4.74 Å². The van der Waals surface area contributed by atoms with Crippen LogP contribution in [0, 0.1) is 13.8 Å². The van der Waals surface area contributed by atoms with Crippen LogP contribution in [0.2, 0.25) is 0 Å². The first-order chi connectivity index (χ1) is 11.5. The van der Waals surface area contributed by atoms with Crippen molar-refractivity contribution in [1.29, 1.82) is 0 Å². The first kappa shape index (κ1) is 18.2. The van der Waals surface area contributed by atoms with Crippen LogP contribution >= 0.6 is 0 Å². The van der Waals surface area contributed by atoms with Gasteiger partial charge in [-0.25, -0.2) is 4.79 Å². The van der Waals surface area contributed by atoms with Gasteiger partial charge in [0.05, 0.1) is 18.0 Å². The van der Waals surface area contributed by atoms with Crippen molar-refractivity contribution >= 4 is 5.97 Å². The number of carbonyl (C=O) groups is 1. The molecule has 0 radical (unpaired) electrons. The second-order valence-corrected chi connectivity index (χ2v) is 6.02. The van der Waals surface area contributed by atoms with Gasteiger partial charge in [-0.2, -0.15) is 10.2 Å². The van der Waals surface area contributed by atoms with Crippen LogP contribution in [0.1, 0.15) is 60.5 Å². The van der Waals surface area contributed by atoms with Crippen molar-refractivity contribution in [2.24, 2.45) is 0 Å². The van der Waals surface area contributed by atoms with Crippen LogP contribution in [0.3, 0.4) is 0 Å². The van der Waals surface area contributed by atoms with Crippen LogP contribution in [0.5, 0.6) is 0 Å². The molecular formula is C18H28N4O2. The van der Waals surface area contributed by atoms with E-state index < -0.39 is 0 Å². The highest BCUT2D eigenvalue weighted by Gasteiger charge is 2.14. The topological polar surface area (TPSA) is 61.9 Å². The fraction of sp³-hybridized carbons (Fsp3) is 0.611. The molecule has 2 aromatic heterocycles. The normalized spacial score (nSPS) is 11.0. The molecule has 0 aliphatic rings. The van der Waals surface area contributed by atoms with Crippen molar-refractivity contribution in [3.8, 4) is 0 Å². The van der Waals surface area contributed by atoms with Gasteiger partial charge in [-0.3, -0.25) is 9.36 Å². The molecule has 6 heteroatoms. The maximum atomic E-state index is 11.9. The summed E-state index contributed by atoms with van der Waals surface area (Å²) < 4.78 is 8.84. The molecule has 0 saturated heterocycles. The zero-order valence-electron chi connectivity index (χ0n) is 15.2. The van der Waals surface area contributed by atoms with E-state index in [0.717, 1.165) is 50.2 Å². The minimum atomic E-state index is -0.291. The van der Waals surface area contributed by atoms with Crippen LogP contribution in [-0.2, 0) is 24.2 Å². The highest BCUT2D eigenvalue weighted by Crippen LogP contribution is 2.12. The summed E-state index contributed by atoms with van der Waals surface area (Å²) in [7, 11) is 0. The predicted molar refractivity (Wildman–Crippen MR) is 93.1 cm³/mol. The standard InChI is InChI=1S/C18H28N4O2/c1-5-21-13-16(15(4)20-21)10-8-7-9-11-22-17(12-14(3)19-22)18(23)24-6-2/h12-13H,5-11H2,1-4H3. The van der Waals surface area contributed by atoms with Gasteiger partial charge in [-0.1, -0.05) is 6.42 Å². The minimum Gasteiger partial charge on any atom is -0.461 e. The van der Waals surface area contributed by atoms with Crippen molar-refractivity contribution < 1.29 is 9.53 Å². The van der Waals surface area contributed by atoms with E-state index >= 15 is 0 Å². The highest BCUT2D eigenvalue weighted by molar-refractivity contribution is 5.87. The minimum absolute atomic E-state index is 0.291. The smallest absolute Gasteiger partial charge is 0.356 e. The third kappa shape index (κ3) is 4.69. The van der Waals surface area contributed by atoms with Crippen LogP contribution in [-0.4, -0.2) is 32.1 Å². The lowest BCUT2D eigenvalue weighted by molar-refractivity contribution is 0.0511. The monoisotopic (exact) mass is 332 g/mol. The Bertz CT molecular complexity index is 673. The summed E-state index contributed by atoms with van der Waals surface area (Å²) in [6.45, 7) is 9.92. The number of ether oxygens (including phenoxy) is 1. The molecule has 2 rings (SSSR count). The highest BCUT2D eigenvalue weighted by atomic mass is 16.5. The lowest BCUT2D eigenvalue weighted by atomic mass is 10.1. The molecule has 2 heterocycles. The number of esters is 1. The largest absolute Gasteiger partial charge is 0.461 e. The van der Waals surface area contributed by atoms with E-state index in [9.17, 15) is 4.79 Å². The Morgan fingerprint density at radius 2 is 1.96 bits per heavy atom. The zero-order valence-corrected chi connectivity index (χ0v) is 15.2. The quantitative estimate of drug-likeness (QED) is 0.522. The average Bonchev–Trinajstić information content (AvgIpc) is 3.10. The fourth-order valence-corrected chi connectivity index (χ4v) is 2.81. The molecule has 0 amide bonds. The number of rotatable bonds is 9. The third-order valence-electron chi connectivity index (χ3n) is 4.07. The van der Waals surface area contributed by atoms with Crippen LogP contribution < -0.4 is 0 Å². The fourth-order valence-electron chi connectivity index (χ4n) is 2.81.